The van der Waals surface area contributed by atoms with Gasteiger partial charge in [-0.2, -0.15) is 0 Å². The summed E-state index contributed by atoms with van der Waals surface area (Å²) in [6.45, 7) is 2.28. The van der Waals surface area contributed by atoms with Crippen LogP contribution in [0.3, 0.4) is 0 Å². The summed E-state index contributed by atoms with van der Waals surface area (Å²) in [7, 11) is 0. The van der Waals surface area contributed by atoms with Crippen molar-refractivity contribution < 1.29 is 0 Å². The maximum atomic E-state index is 4.45. The molecule has 0 saturated heterocycles. The van der Waals surface area contributed by atoms with Gasteiger partial charge >= 0.3 is 0 Å². The molecule has 3 rings (SSSR count). The molecular weight excluding hydrogens is 254 g/mol. The van der Waals surface area contributed by atoms with E-state index in [1.165, 1.54) is 43.2 Å². The first kappa shape index (κ1) is 12.9. The molecule has 0 bridgehead atoms. The zero-order valence-electron chi connectivity index (χ0n) is 11.4. The summed E-state index contributed by atoms with van der Waals surface area (Å²) in [6, 6.07) is 2.62. The lowest BCUT2D eigenvalue weighted by Gasteiger charge is -2.30. The Kier molecular flexibility index (Phi) is 3.97. The molecule has 2 aromatic heterocycles. The number of hydrogen-bond acceptors (Lipinski definition) is 4. The van der Waals surface area contributed by atoms with E-state index in [-0.39, 0.29) is 0 Å². The second kappa shape index (κ2) is 5.87. The molecule has 1 aliphatic carbocycles. The van der Waals surface area contributed by atoms with E-state index in [0.29, 0.717) is 6.04 Å². The predicted octanol–water partition coefficient (Wildman–Crippen LogP) is 4.46. The van der Waals surface area contributed by atoms with Crippen molar-refractivity contribution in [3.63, 3.8) is 0 Å². The van der Waals surface area contributed by atoms with Crippen molar-refractivity contribution in [2.45, 2.75) is 51.5 Å². The molecule has 1 fully saturated rings. The second-order valence-corrected chi connectivity index (χ2v) is 6.33. The zero-order valence-corrected chi connectivity index (χ0v) is 12.2. The van der Waals surface area contributed by atoms with Crippen molar-refractivity contribution in [2.75, 3.05) is 5.32 Å². The van der Waals surface area contributed by atoms with Gasteiger partial charge in [0.05, 0.1) is 10.2 Å². The third-order valence-electron chi connectivity index (χ3n) is 4.22. The van der Waals surface area contributed by atoms with Gasteiger partial charge in [0.15, 0.2) is 0 Å². The standard InChI is InChI=1S/C15H21N3S/c1-2-12(11-6-4-3-5-7-11)18-15-14-13(8-9-19-14)16-10-17-15/h8-12H,2-7H2,1H3,(H,16,17,18). The number of aromatic nitrogens is 2. The normalized spacial score (nSPS) is 18.6. The fraction of sp³-hybridized carbons (Fsp3) is 0.600. The van der Waals surface area contributed by atoms with E-state index in [0.717, 1.165) is 17.3 Å². The van der Waals surface area contributed by atoms with Gasteiger partial charge in [-0.25, -0.2) is 9.97 Å². The van der Waals surface area contributed by atoms with Crippen LogP contribution in [0.4, 0.5) is 5.82 Å². The fourth-order valence-corrected chi connectivity index (χ4v) is 3.95. The highest BCUT2D eigenvalue weighted by Crippen LogP contribution is 2.31. The summed E-state index contributed by atoms with van der Waals surface area (Å²) < 4.78 is 1.19. The smallest absolute Gasteiger partial charge is 0.147 e. The van der Waals surface area contributed by atoms with Gasteiger partial charge in [-0.3, -0.25) is 0 Å². The Hall–Kier alpha value is -1.16. The van der Waals surface area contributed by atoms with E-state index >= 15 is 0 Å². The molecule has 0 amide bonds. The quantitative estimate of drug-likeness (QED) is 0.895. The first-order valence-electron chi connectivity index (χ1n) is 7.33. The van der Waals surface area contributed by atoms with E-state index < -0.39 is 0 Å². The molecule has 3 nitrogen and oxygen atoms in total. The Balaban J connectivity index is 1.79. The van der Waals surface area contributed by atoms with Gasteiger partial charge < -0.3 is 5.32 Å². The minimum atomic E-state index is 0.556. The largest absolute Gasteiger partial charge is 0.366 e. The van der Waals surface area contributed by atoms with E-state index in [2.05, 4.69) is 33.7 Å². The molecule has 4 heteroatoms. The van der Waals surface area contributed by atoms with Crippen LogP contribution in [0.1, 0.15) is 45.4 Å². The number of nitrogens with one attached hydrogen (secondary N) is 1. The number of fused-ring (bicyclic) bond motifs is 1. The number of rotatable bonds is 4. The lowest BCUT2D eigenvalue weighted by molar-refractivity contribution is 0.313. The SMILES string of the molecule is CCC(Nc1ncnc2ccsc12)C1CCCCC1. The van der Waals surface area contributed by atoms with Crippen LogP contribution in [0.15, 0.2) is 17.8 Å². The number of anilines is 1. The van der Waals surface area contributed by atoms with Crippen LogP contribution in [0.2, 0.25) is 0 Å². The Morgan fingerprint density at radius 3 is 2.95 bits per heavy atom. The molecule has 1 saturated carbocycles. The molecule has 1 aliphatic rings. The van der Waals surface area contributed by atoms with Crippen molar-refractivity contribution in [3.8, 4) is 0 Å². The van der Waals surface area contributed by atoms with Crippen molar-refractivity contribution in [2.24, 2.45) is 5.92 Å². The van der Waals surface area contributed by atoms with Gasteiger partial charge in [0, 0.05) is 6.04 Å². The predicted molar refractivity (Wildman–Crippen MR) is 81.7 cm³/mol. The molecule has 1 unspecified atom stereocenters. The Morgan fingerprint density at radius 1 is 1.32 bits per heavy atom. The Bertz CT molecular complexity index is 531. The Labute approximate surface area is 118 Å². The van der Waals surface area contributed by atoms with Crippen molar-refractivity contribution in [1.29, 1.82) is 0 Å². The van der Waals surface area contributed by atoms with Crippen LogP contribution in [0.25, 0.3) is 10.2 Å². The van der Waals surface area contributed by atoms with E-state index in [1.54, 1.807) is 17.7 Å². The molecule has 0 spiro atoms. The lowest BCUT2D eigenvalue weighted by Crippen LogP contribution is -2.30. The molecule has 19 heavy (non-hydrogen) atoms. The van der Waals surface area contributed by atoms with Gasteiger partial charge in [0.2, 0.25) is 0 Å². The number of nitrogens with zero attached hydrogens (tertiary/aromatic N) is 2. The molecule has 0 aliphatic heterocycles. The minimum Gasteiger partial charge on any atom is -0.366 e. The van der Waals surface area contributed by atoms with Crippen LogP contribution < -0.4 is 5.32 Å². The number of hydrogen-bond donors (Lipinski definition) is 1. The Morgan fingerprint density at radius 2 is 2.16 bits per heavy atom. The zero-order chi connectivity index (χ0) is 13.1. The fourth-order valence-electron chi connectivity index (χ4n) is 3.16. The molecule has 2 heterocycles. The third-order valence-corrected chi connectivity index (χ3v) is 5.13. The van der Waals surface area contributed by atoms with Gasteiger partial charge in [0.1, 0.15) is 12.1 Å². The van der Waals surface area contributed by atoms with Crippen LogP contribution in [0, 0.1) is 5.92 Å². The maximum absolute atomic E-state index is 4.45. The van der Waals surface area contributed by atoms with Gasteiger partial charge in [-0.15, -0.1) is 11.3 Å². The molecule has 102 valence electrons. The highest BCUT2D eigenvalue weighted by molar-refractivity contribution is 7.17. The van der Waals surface area contributed by atoms with Crippen LogP contribution in [-0.4, -0.2) is 16.0 Å². The van der Waals surface area contributed by atoms with Gasteiger partial charge in [0.25, 0.3) is 0 Å². The van der Waals surface area contributed by atoms with Crippen LogP contribution >= 0.6 is 11.3 Å². The minimum absolute atomic E-state index is 0.556. The summed E-state index contributed by atoms with van der Waals surface area (Å²) in [6.07, 6.45) is 9.76. The van der Waals surface area contributed by atoms with Crippen molar-refractivity contribution in [3.05, 3.63) is 17.8 Å². The molecule has 1 atom stereocenters. The van der Waals surface area contributed by atoms with Gasteiger partial charge in [-0.05, 0) is 36.6 Å². The van der Waals surface area contributed by atoms with E-state index in [4.69, 9.17) is 0 Å². The average Bonchev–Trinajstić information content (AvgIpc) is 2.95. The van der Waals surface area contributed by atoms with Crippen molar-refractivity contribution >= 4 is 27.4 Å². The summed E-state index contributed by atoms with van der Waals surface area (Å²) in [5.41, 5.74) is 1.06. The highest BCUT2D eigenvalue weighted by Gasteiger charge is 2.23. The van der Waals surface area contributed by atoms with E-state index in [9.17, 15) is 0 Å². The van der Waals surface area contributed by atoms with Gasteiger partial charge in [-0.1, -0.05) is 26.2 Å². The third kappa shape index (κ3) is 2.73. The molecule has 0 aromatic carbocycles. The summed E-state index contributed by atoms with van der Waals surface area (Å²) in [5.74, 6) is 1.83. The molecular formula is C15H21N3S. The molecule has 1 N–H and O–H groups in total. The summed E-state index contributed by atoms with van der Waals surface area (Å²) in [4.78, 5) is 8.76. The molecule has 2 aromatic rings. The van der Waals surface area contributed by atoms with E-state index in [1.807, 2.05) is 0 Å². The first-order valence-corrected chi connectivity index (χ1v) is 8.21. The maximum Gasteiger partial charge on any atom is 0.147 e. The molecule has 0 radical (unpaired) electrons. The van der Waals surface area contributed by atoms with Crippen molar-refractivity contribution in [1.82, 2.24) is 9.97 Å². The first-order chi connectivity index (χ1) is 9.38. The monoisotopic (exact) mass is 275 g/mol. The van der Waals surface area contributed by atoms with Crippen LogP contribution in [0.5, 0.6) is 0 Å². The highest BCUT2D eigenvalue weighted by atomic mass is 32.1. The topological polar surface area (TPSA) is 37.8 Å². The number of thiophene rings is 1. The second-order valence-electron chi connectivity index (χ2n) is 5.41. The summed E-state index contributed by atoms with van der Waals surface area (Å²) >= 11 is 1.73. The summed E-state index contributed by atoms with van der Waals surface area (Å²) in [5, 5.41) is 5.78. The van der Waals surface area contributed by atoms with Crippen LogP contribution in [-0.2, 0) is 0 Å². The average molecular weight is 275 g/mol. The lowest BCUT2D eigenvalue weighted by atomic mass is 9.83.